The average molecular weight is 346 g/mol. The standard InChI is InChI=1S/C19H27N3OS/c1-8-22(7)12-21-15-9-14(3)16(10-13(15)2)23-18-20-11-17(24-18)19(4,5)6/h9-12H,8H2,1-7H3/b21-12+. The molecule has 1 heterocycles. The highest BCUT2D eigenvalue weighted by molar-refractivity contribution is 7.13. The zero-order chi connectivity index (χ0) is 17.9. The average Bonchev–Trinajstić information content (AvgIpc) is 2.97. The smallest absolute Gasteiger partial charge is 0.278 e. The summed E-state index contributed by atoms with van der Waals surface area (Å²) in [6, 6.07) is 4.09. The van der Waals surface area contributed by atoms with Gasteiger partial charge in [0.1, 0.15) is 5.75 Å². The van der Waals surface area contributed by atoms with Crippen molar-refractivity contribution in [1.82, 2.24) is 9.88 Å². The van der Waals surface area contributed by atoms with Crippen LogP contribution < -0.4 is 4.74 Å². The van der Waals surface area contributed by atoms with E-state index in [1.165, 1.54) is 4.88 Å². The Balaban J connectivity index is 2.22. The number of thiazole rings is 1. The number of nitrogens with zero attached hydrogens (tertiary/aromatic N) is 3. The maximum absolute atomic E-state index is 6.01. The van der Waals surface area contributed by atoms with Crippen molar-refractivity contribution < 1.29 is 4.74 Å². The molecule has 0 amide bonds. The van der Waals surface area contributed by atoms with E-state index in [1.54, 1.807) is 11.3 Å². The molecule has 0 spiro atoms. The molecule has 4 nitrogen and oxygen atoms in total. The fraction of sp³-hybridized carbons (Fsp3) is 0.474. The predicted octanol–water partition coefficient (Wildman–Crippen LogP) is 5.46. The third kappa shape index (κ3) is 4.57. The summed E-state index contributed by atoms with van der Waals surface area (Å²) in [5.74, 6) is 0.838. The van der Waals surface area contributed by atoms with E-state index in [0.29, 0.717) is 5.19 Å². The third-order valence-electron chi connectivity index (χ3n) is 3.81. The van der Waals surface area contributed by atoms with Crippen LogP contribution in [0.3, 0.4) is 0 Å². The minimum Gasteiger partial charge on any atom is -0.431 e. The third-order valence-corrected chi connectivity index (χ3v) is 5.11. The van der Waals surface area contributed by atoms with Gasteiger partial charge < -0.3 is 9.64 Å². The summed E-state index contributed by atoms with van der Waals surface area (Å²) in [6.45, 7) is 13.7. The molecule has 0 saturated carbocycles. The number of aryl methyl sites for hydroxylation is 2. The van der Waals surface area contributed by atoms with Crippen molar-refractivity contribution >= 4 is 23.4 Å². The number of aliphatic imine (C=N–C) groups is 1. The fourth-order valence-corrected chi connectivity index (χ4v) is 2.85. The first kappa shape index (κ1) is 18.5. The molecule has 0 saturated heterocycles. The second-order valence-corrected chi connectivity index (χ2v) is 8.06. The van der Waals surface area contributed by atoms with Crippen LogP contribution in [-0.4, -0.2) is 29.8 Å². The molecule has 0 fully saturated rings. The van der Waals surface area contributed by atoms with Crippen LogP contribution in [0.1, 0.15) is 43.7 Å². The molecule has 0 N–H and O–H groups in total. The first-order valence-electron chi connectivity index (χ1n) is 8.20. The number of ether oxygens (including phenoxy) is 1. The lowest BCUT2D eigenvalue weighted by Crippen LogP contribution is -2.14. The van der Waals surface area contributed by atoms with Gasteiger partial charge in [-0.2, -0.15) is 0 Å². The van der Waals surface area contributed by atoms with Gasteiger partial charge in [0, 0.05) is 24.7 Å². The summed E-state index contributed by atoms with van der Waals surface area (Å²) < 4.78 is 6.01. The van der Waals surface area contributed by atoms with Crippen molar-refractivity contribution in [3.05, 3.63) is 34.3 Å². The SMILES string of the molecule is CCN(C)/C=N/c1cc(C)c(Oc2ncc(C(C)(C)C)s2)cc1C. The summed E-state index contributed by atoms with van der Waals surface area (Å²) in [6.07, 6.45) is 3.76. The lowest BCUT2D eigenvalue weighted by atomic mass is 9.96. The lowest BCUT2D eigenvalue weighted by molar-refractivity contribution is 0.475. The quantitative estimate of drug-likeness (QED) is 0.533. The van der Waals surface area contributed by atoms with Crippen molar-refractivity contribution in [2.75, 3.05) is 13.6 Å². The summed E-state index contributed by atoms with van der Waals surface area (Å²) in [4.78, 5) is 12.2. The molecule has 0 aliphatic carbocycles. The van der Waals surface area contributed by atoms with Gasteiger partial charge >= 0.3 is 0 Å². The van der Waals surface area contributed by atoms with E-state index in [1.807, 2.05) is 44.4 Å². The highest BCUT2D eigenvalue weighted by Crippen LogP contribution is 2.36. The Kier molecular flexibility index (Phi) is 5.65. The number of hydrogen-bond donors (Lipinski definition) is 0. The normalized spacial score (nSPS) is 12.0. The first-order valence-corrected chi connectivity index (χ1v) is 9.02. The molecule has 5 heteroatoms. The largest absolute Gasteiger partial charge is 0.431 e. The van der Waals surface area contributed by atoms with Crippen molar-refractivity contribution in [3.63, 3.8) is 0 Å². The first-order chi connectivity index (χ1) is 11.2. The van der Waals surface area contributed by atoms with E-state index in [-0.39, 0.29) is 5.41 Å². The van der Waals surface area contributed by atoms with Gasteiger partial charge in [0.25, 0.3) is 5.19 Å². The Morgan fingerprint density at radius 1 is 1.25 bits per heavy atom. The van der Waals surface area contributed by atoms with E-state index in [2.05, 4.69) is 43.7 Å². The van der Waals surface area contributed by atoms with E-state index < -0.39 is 0 Å². The monoisotopic (exact) mass is 345 g/mol. The predicted molar refractivity (Wildman–Crippen MR) is 103 cm³/mol. The molecule has 0 aliphatic heterocycles. The Morgan fingerprint density at radius 3 is 2.54 bits per heavy atom. The minimum atomic E-state index is 0.0914. The number of benzene rings is 1. The van der Waals surface area contributed by atoms with Crippen molar-refractivity contribution in [2.45, 2.75) is 47.0 Å². The zero-order valence-corrected chi connectivity index (χ0v) is 16.5. The Bertz CT molecular complexity index is 729. The van der Waals surface area contributed by atoms with Gasteiger partial charge in [-0.05, 0) is 49.4 Å². The van der Waals surface area contributed by atoms with Crippen molar-refractivity contribution in [2.24, 2.45) is 4.99 Å². The Labute approximate surface area is 149 Å². The molecular weight excluding hydrogens is 318 g/mol. The molecule has 0 atom stereocenters. The molecule has 1 aromatic heterocycles. The topological polar surface area (TPSA) is 37.7 Å². The molecule has 1 aromatic carbocycles. The van der Waals surface area contributed by atoms with Crippen LogP contribution in [0.5, 0.6) is 10.9 Å². The van der Waals surface area contributed by atoms with Crippen LogP contribution in [-0.2, 0) is 5.41 Å². The van der Waals surface area contributed by atoms with E-state index in [0.717, 1.165) is 29.1 Å². The summed E-state index contributed by atoms with van der Waals surface area (Å²) in [5, 5.41) is 0.685. The maximum atomic E-state index is 6.01. The highest BCUT2D eigenvalue weighted by Gasteiger charge is 2.18. The lowest BCUT2D eigenvalue weighted by Gasteiger charge is -2.14. The number of aromatic nitrogens is 1. The summed E-state index contributed by atoms with van der Waals surface area (Å²) in [7, 11) is 2.01. The van der Waals surface area contributed by atoms with Gasteiger partial charge in [0.05, 0.1) is 12.0 Å². The molecule has 24 heavy (non-hydrogen) atoms. The second-order valence-electron chi connectivity index (χ2n) is 7.06. The van der Waals surface area contributed by atoms with Gasteiger partial charge in [-0.1, -0.05) is 32.1 Å². The van der Waals surface area contributed by atoms with E-state index in [4.69, 9.17) is 4.74 Å². The van der Waals surface area contributed by atoms with Gasteiger partial charge in [-0.25, -0.2) is 9.98 Å². The van der Waals surface area contributed by atoms with Crippen LogP contribution in [0.15, 0.2) is 23.3 Å². The number of rotatable bonds is 5. The summed E-state index contributed by atoms with van der Waals surface area (Å²) in [5.41, 5.74) is 3.20. The fourth-order valence-electron chi connectivity index (χ4n) is 2.01. The van der Waals surface area contributed by atoms with Gasteiger partial charge in [-0.3, -0.25) is 0 Å². The molecule has 2 aromatic rings. The molecule has 0 aliphatic rings. The Morgan fingerprint density at radius 2 is 1.96 bits per heavy atom. The Hall–Kier alpha value is -1.88. The number of hydrogen-bond acceptors (Lipinski definition) is 4. The van der Waals surface area contributed by atoms with E-state index >= 15 is 0 Å². The van der Waals surface area contributed by atoms with Gasteiger partial charge in [0.15, 0.2) is 0 Å². The van der Waals surface area contributed by atoms with Crippen LogP contribution in [0.4, 0.5) is 5.69 Å². The minimum absolute atomic E-state index is 0.0914. The maximum Gasteiger partial charge on any atom is 0.278 e. The van der Waals surface area contributed by atoms with Gasteiger partial charge in [-0.15, -0.1) is 0 Å². The second kappa shape index (κ2) is 7.34. The summed E-state index contributed by atoms with van der Waals surface area (Å²) >= 11 is 1.60. The van der Waals surface area contributed by atoms with Gasteiger partial charge in [0.2, 0.25) is 0 Å². The molecule has 130 valence electrons. The highest BCUT2D eigenvalue weighted by atomic mass is 32.1. The van der Waals surface area contributed by atoms with E-state index in [9.17, 15) is 0 Å². The van der Waals surface area contributed by atoms with Crippen LogP contribution in [0, 0.1) is 13.8 Å². The molecule has 0 bridgehead atoms. The van der Waals surface area contributed by atoms with Crippen molar-refractivity contribution in [3.8, 4) is 10.9 Å². The van der Waals surface area contributed by atoms with Crippen molar-refractivity contribution in [1.29, 1.82) is 0 Å². The van der Waals surface area contributed by atoms with Crippen LogP contribution in [0.25, 0.3) is 0 Å². The zero-order valence-electron chi connectivity index (χ0n) is 15.7. The van der Waals surface area contributed by atoms with Crippen LogP contribution in [0.2, 0.25) is 0 Å². The molecule has 0 unspecified atom stereocenters. The molecular formula is C19H27N3OS. The molecule has 0 radical (unpaired) electrons. The molecule has 2 rings (SSSR count). The van der Waals surface area contributed by atoms with Crippen LogP contribution >= 0.6 is 11.3 Å².